The second-order valence-corrected chi connectivity index (χ2v) is 4.24. The number of hydrogen-bond acceptors (Lipinski definition) is 3. The molecule has 0 bridgehead atoms. The average molecular weight is 288 g/mol. The van der Waals surface area contributed by atoms with Gasteiger partial charge in [0, 0.05) is 18.1 Å². The third-order valence-corrected chi connectivity index (χ3v) is 2.43. The van der Waals surface area contributed by atoms with Crippen molar-refractivity contribution in [2.75, 3.05) is 20.3 Å². The first kappa shape index (κ1) is 13.0. The van der Waals surface area contributed by atoms with Gasteiger partial charge in [0.25, 0.3) is 0 Å². The summed E-state index contributed by atoms with van der Waals surface area (Å²) in [5.41, 5.74) is 1.01. The maximum Gasteiger partial charge on any atom is 0.409 e. The van der Waals surface area contributed by atoms with E-state index in [0.717, 1.165) is 10.0 Å². The van der Waals surface area contributed by atoms with Gasteiger partial charge < -0.3 is 14.7 Å². The summed E-state index contributed by atoms with van der Waals surface area (Å²) in [5, 5.41) is 8.52. The molecule has 0 aliphatic carbocycles. The Balaban J connectivity index is 2.50. The molecule has 88 valence electrons. The highest BCUT2D eigenvalue weighted by molar-refractivity contribution is 9.10. The van der Waals surface area contributed by atoms with E-state index in [-0.39, 0.29) is 13.2 Å². The molecule has 1 N–H and O–H groups in total. The summed E-state index contributed by atoms with van der Waals surface area (Å²) in [4.78, 5) is 12.8. The van der Waals surface area contributed by atoms with Crippen LogP contribution in [0.5, 0.6) is 0 Å². The fourth-order valence-corrected chi connectivity index (χ4v) is 1.66. The first-order valence-corrected chi connectivity index (χ1v) is 5.66. The van der Waals surface area contributed by atoms with Gasteiger partial charge in [-0.15, -0.1) is 0 Å². The molecule has 1 rings (SSSR count). The maximum absolute atomic E-state index is 11.4. The van der Waals surface area contributed by atoms with Crippen molar-refractivity contribution in [1.82, 2.24) is 4.90 Å². The van der Waals surface area contributed by atoms with Gasteiger partial charge in [0.15, 0.2) is 0 Å². The van der Waals surface area contributed by atoms with Gasteiger partial charge in [-0.25, -0.2) is 4.79 Å². The molecule has 0 radical (unpaired) electrons. The van der Waals surface area contributed by atoms with Crippen LogP contribution in [0.2, 0.25) is 0 Å². The molecule has 0 saturated carbocycles. The predicted molar refractivity (Wildman–Crippen MR) is 64.0 cm³/mol. The number of ether oxygens (including phenoxy) is 1. The van der Waals surface area contributed by atoms with Gasteiger partial charge in [-0.3, -0.25) is 0 Å². The molecule has 0 aromatic heterocycles. The summed E-state index contributed by atoms with van der Waals surface area (Å²) in [6, 6.07) is 7.70. The van der Waals surface area contributed by atoms with E-state index < -0.39 is 6.09 Å². The number of carbonyl (C=O) groups is 1. The second-order valence-electron chi connectivity index (χ2n) is 3.32. The van der Waals surface area contributed by atoms with Crippen LogP contribution in [-0.2, 0) is 11.3 Å². The third-order valence-electron chi connectivity index (χ3n) is 1.94. The molecule has 1 aromatic rings. The summed E-state index contributed by atoms with van der Waals surface area (Å²) in [5.74, 6) is 0. The number of amides is 1. The highest BCUT2D eigenvalue weighted by atomic mass is 79.9. The Labute approximate surface area is 103 Å². The molecule has 1 aromatic carbocycles. The van der Waals surface area contributed by atoms with E-state index in [1.807, 2.05) is 24.3 Å². The van der Waals surface area contributed by atoms with Crippen LogP contribution in [-0.4, -0.2) is 36.4 Å². The van der Waals surface area contributed by atoms with E-state index in [1.54, 1.807) is 7.05 Å². The van der Waals surface area contributed by atoms with Gasteiger partial charge in [0.2, 0.25) is 0 Å². The quantitative estimate of drug-likeness (QED) is 0.922. The van der Waals surface area contributed by atoms with Gasteiger partial charge in [-0.05, 0) is 17.7 Å². The van der Waals surface area contributed by atoms with Crippen molar-refractivity contribution in [3.05, 3.63) is 34.3 Å². The Morgan fingerprint density at radius 2 is 2.31 bits per heavy atom. The standard InChI is InChI=1S/C11H14BrNO3/c1-13(11(15)16-6-5-14)8-9-3-2-4-10(12)7-9/h2-4,7,14H,5-6,8H2,1H3. The molecule has 0 saturated heterocycles. The second kappa shape index (κ2) is 6.50. The van der Waals surface area contributed by atoms with Crippen LogP contribution >= 0.6 is 15.9 Å². The lowest BCUT2D eigenvalue weighted by Crippen LogP contribution is -2.27. The highest BCUT2D eigenvalue weighted by Crippen LogP contribution is 2.13. The average Bonchev–Trinajstić information content (AvgIpc) is 2.25. The number of halogens is 1. The van der Waals surface area contributed by atoms with Crippen molar-refractivity contribution in [3.63, 3.8) is 0 Å². The molecular weight excluding hydrogens is 274 g/mol. The van der Waals surface area contributed by atoms with E-state index in [4.69, 9.17) is 9.84 Å². The topological polar surface area (TPSA) is 49.8 Å². The zero-order valence-corrected chi connectivity index (χ0v) is 10.6. The Hall–Kier alpha value is -1.07. The lowest BCUT2D eigenvalue weighted by molar-refractivity contribution is 0.0894. The van der Waals surface area contributed by atoms with Crippen LogP contribution in [0.15, 0.2) is 28.7 Å². The normalized spacial score (nSPS) is 9.94. The van der Waals surface area contributed by atoms with E-state index in [2.05, 4.69) is 15.9 Å². The fraction of sp³-hybridized carbons (Fsp3) is 0.364. The number of nitrogens with zero attached hydrogens (tertiary/aromatic N) is 1. The first-order chi connectivity index (χ1) is 7.63. The molecule has 0 aliphatic heterocycles. The number of carbonyl (C=O) groups excluding carboxylic acids is 1. The van der Waals surface area contributed by atoms with Crippen molar-refractivity contribution in [2.45, 2.75) is 6.54 Å². The Bertz CT molecular complexity index is 357. The summed E-state index contributed by atoms with van der Waals surface area (Å²) < 4.78 is 5.75. The highest BCUT2D eigenvalue weighted by Gasteiger charge is 2.09. The zero-order chi connectivity index (χ0) is 12.0. The molecule has 4 nitrogen and oxygen atoms in total. The van der Waals surface area contributed by atoms with E-state index in [9.17, 15) is 4.79 Å². The molecule has 0 heterocycles. The number of aliphatic hydroxyl groups is 1. The summed E-state index contributed by atoms with van der Waals surface area (Å²) in [6.45, 7) is 0.349. The number of aliphatic hydroxyl groups excluding tert-OH is 1. The molecule has 5 heteroatoms. The first-order valence-electron chi connectivity index (χ1n) is 4.86. The summed E-state index contributed by atoms with van der Waals surface area (Å²) >= 11 is 3.36. The third kappa shape index (κ3) is 4.20. The molecule has 16 heavy (non-hydrogen) atoms. The summed E-state index contributed by atoms with van der Waals surface area (Å²) in [7, 11) is 1.65. The molecule has 0 atom stereocenters. The van der Waals surface area contributed by atoms with E-state index in [1.165, 1.54) is 4.90 Å². The largest absolute Gasteiger partial charge is 0.447 e. The van der Waals surface area contributed by atoms with E-state index >= 15 is 0 Å². The molecule has 0 fully saturated rings. The smallest absolute Gasteiger partial charge is 0.409 e. The molecule has 0 unspecified atom stereocenters. The van der Waals surface area contributed by atoms with Crippen molar-refractivity contribution in [2.24, 2.45) is 0 Å². The van der Waals surface area contributed by atoms with Gasteiger partial charge in [-0.2, -0.15) is 0 Å². The Morgan fingerprint density at radius 3 is 2.94 bits per heavy atom. The van der Waals surface area contributed by atoms with Crippen LogP contribution in [0.1, 0.15) is 5.56 Å². The van der Waals surface area contributed by atoms with Gasteiger partial charge >= 0.3 is 6.09 Å². The van der Waals surface area contributed by atoms with Gasteiger partial charge in [-0.1, -0.05) is 28.1 Å². The molecule has 0 spiro atoms. The number of benzene rings is 1. The van der Waals surface area contributed by atoms with Crippen molar-refractivity contribution in [1.29, 1.82) is 0 Å². The molecular formula is C11H14BrNO3. The van der Waals surface area contributed by atoms with Crippen LogP contribution < -0.4 is 0 Å². The fourth-order valence-electron chi connectivity index (χ4n) is 1.22. The minimum atomic E-state index is -0.436. The lowest BCUT2D eigenvalue weighted by atomic mass is 10.2. The Morgan fingerprint density at radius 1 is 1.56 bits per heavy atom. The minimum Gasteiger partial charge on any atom is -0.447 e. The minimum absolute atomic E-state index is 0.0294. The monoisotopic (exact) mass is 287 g/mol. The SMILES string of the molecule is CN(Cc1cccc(Br)c1)C(=O)OCCO. The van der Waals surface area contributed by atoms with Gasteiger partial charge in [0.1, 0.15) is 6.61 Å². The van der Waals surface area contributed by atoms with Crippen molar-refractivity contribution in [3.8, 4) is 0 Å². The van der Waals surface area contributed by atoms with E-state index in [0.29, 0.717) is 6.54 Å². The maximum atomic E-state index is 11.4. The van der Waals surface area contributed by atoms with Gasteiger partial charge in [0.05, 0.1) is 6.61 Å². The molecule has 1 amide bonds. The summed E-state index contributed by atoms with van der Waals surface area (Å²) in [6.07, 6.45) is -0.436. The van der Waals surface area contributed by atoms with Crippen LogP contribution in [0, 0.1) is 0 Å². The number of rotatable bonds is 4. The van der Waals surface area contributed by atoms with Crippen LogP contribution in [0.4, 0.5) is 4.79 Å². The number of hydrogen-bond donors (Lipinski definition) is 1. The Kier molecular flexibility index (Phi) is 5.28. The lowest BCUT2D eigenvalue weighted by Gasteiger charge is -2.16. The molecule has 0 aliphatic rings. The van der Waals surface area contributed by atoms with Crippen LogP contribution in [0.25, 0.3) is 0 Å². The van der Waals surface area contributed by atoms with Crippen molar-refractivity contribution >= 4 is 22.0 Å². The van der Waals surface area contributed by atoms with Crippen LogP contribution in [0.3, 0.4) is 0 Å². The zero-order valence-electron chi connectivity index (χ0n) is 9.02. The predicted octanol–water partition coefficient (Wildman–Crippen LogP) is 2.01. The van der Waals surface area contributed by atoms with Crippen molar-refractivity contribution < 1.29 is 14.6 Å².